The van der Waals surface area contributed by atoms with Gasteiger partial charge in [-0.2, -0.15) is 13.2 Å². The Morgan fingerprint density at radius 1 is 0.875 bits per heavy atom. The largest absolute Gasteiger partial charge is 0.404 e. The molecule has 3 heterocycles. The molecule has 0 N–H and O–H groups in total. The maximum Gasteiger partial charge on any atom is 0.404 e. The van der Waals surface area contributed by atoms with E-state index in [1.807, 2.05) is 20.8 Å². The van der Waals surface area contributed by atoms with Gasteiger partial charge in [0.05, 0.1) is 0 Å². The molecule has 0 radical (unpaired) electrons. The number of hydrogen-bond acceptors (Lipinski definition) is 2. The van der Waals surface area contributed by atoms with E-state index < -0.39 is 17.8 Å². The van der Waals surface area contributed by atoms with Crippen LogP contribution in [0.15, 0.2) is 11.1 Å². The Kier molecular flexibility index (Phi) is 7.00. The SMILES string of the molecule is C/C(CCC(C)(C)C1CC2CCC(C1)N2C(C)(C)C)=C1\CC(C(F)(F)F)N(C(C)(C)C)C1. The topological polar surface area (TPSA) is 6.48 Å². The number of fused-ring (bicyclic) bond motifs is 2. The van der Waals surface area contributed by atoms with Crippen LogP contribution in [0.25, 0.3) is 0 Å². The first-order chi connectivity index (χ1) is 14.4. The van der Waals surface area contributed by atoms with E-state index in [-0.39, 0.29) is 17.4 Å². The van der Waals surface area contributed by atoms with Gasteiger partial charge in [-0.3, -0.25) is 9.80 Å². The zero-order valence-corrected chi connectivity index (χ0v) is 22.0. The standard InChI is InChI=1S/C27H47F3N2/c1-18(19-14-23(27(28,29)30)31(17-19)24(2,3)4)12-13-26(8,9)20-15-21-10-11-22(16-20)32(21)25(5,6)7/h20-23H,10-17H2,1-9H3/b19-18-. The molecule has 32 heavy (non-hydrogen) atoms. The summed E-state index contributed by atoms with van der Waals surface area (Å²) in [4.78, 5) is 4.42. The predicted molar refractivity (Wildman–Crippen MR) is 128 cm³/mol. The van der Waals surface area contributed by atoms with Crippen LogP contribution in [0, 0.1) is 11.3 Å². The van der Waals surface area contributed by atoms with E-state index in [1.54, 1.807) is 4.90 Å². The lowest BCUT2D eigenvalue weighted by Crippen LogP contribution is -2.54. The van der Waals surface area contributed by atoms with Crippen LogP contribution in [0.5, 0.6) is 0 Å². The molecule has 3 rings (SSSR count). The van der Waals surface area contributed by atoms with E-state index in [0.29, 0.717) is 24.5 Å². The first-order valence-electron chi connectivity index (χ1n) is 12.7. The van der Waals surface area contributed by atoms with Crippen LogP contribution < -0.4 is 0 Å². The van der Waals surface area contributed by atoms with Crippen LogP contribution in [-0.2, 0) is 0 Å². The number of allylic oxidation sites excluding steroid dienone is 1. The Morgan fingerprint density at radius 3 is 1.81 bits per heavy atom. The monoisotopic (exact) mass is 456 g/mol. The van der Waals surface area contributed by atoms with Gasteiger partial charge in [0.1, 0.15) is 6.04 Å². The molecule has 2 bridgehead atoms. The summed E-state index contributed by atoms with van der Waals surface area (Å²) in [5.74, 6) is 0.703. The second-order valence-electron chi connectivity index (χ2n) is 13.6. The predicted octanol–water partition coefficient (Wildman–Crippen LogP) is 7.59. The van der Waals surface area contributed by atoms with Gasteiger partial charge >= 0.3 is 6.18 Å². The van der Waals surface area contributed by atoms with Gasteiger partial charge in [0.25, 0.3) is 0 Å². The lowest BCUT2D eigenvalue weighted by molar-refractivity contribution is -0.186. The van der Waals surface area contributed by atoms with Crippen molar-refractivity contribution in [1.29, 1.82) is 0 Å². The number of nitrogens with zero attached hydrogens (tertiary/aromatic N) is 2. The summed E-state index contributed by atoms with van der Waals surface area (Å²) in [6.07, 6.45) is 3.12. The number of rotatable bonds is 4. The van der Waals surface area contributed by atoms with Crippen molar-refractivity contribution < 1.29 is 13.2 Å². The average Bonchev–Trinajstić information content (AvgIpc) is 3.19. The molecule has 5 heteroatoms. The number of piperidine rings is 1. The van der Waals surface area contributed by atoms with Gasteiger partial charge in [0, 0.05) is 29.7 Å². The molecule has 0 amide bonds. The Balaban J connectivity index is 1.66. The third-order valence-corrected chi connectivity index (χ3v) is 8.78. The minimum absolute atomic E-state index is 0.140. The fraction of sp³-hybridized carbons (Fsp3) is 0.926. The van der Waals surface area contributed by atoms with E-state index in [1.165, 1.54) is 31.3 Å². The summed E-state index contributed by atoms with van der Waals surface area (Å²) in [6, 6.07) is 0.0400. The van der Waals surface area contributed by atoms with Crippen LogP contribution in [0.2, 0.25) is 0 Å². The van der Waals surface area contributed by atoms with Crippen molar-refractivity contribution in [3.8, 4) is 0 Å². The second-order valence-corrected chi connectivity index (χ2v) is 13.6. The smallest absolute Gasteiger partial charge is 0.293 e. The third-order valence-electron chi connectivity index (χ3n) is 8.78. The molecule has 3 atom stereocenters. The Bertz CT molecular complexity index is 670. The average molecular weight is 457 g/mol. The van der Waals surface area contributed by atoms with Crippen LogP contribution >= 0.6 is 0 Å². The van der Waals surface area contributed by atoms with E-state index >= 15 is 0 Å². The van der Waals surface area contributed by atoms with Crippen molar-refractivity contribution in [3.63, 3.8) is 0 Å². The van der Waals surface area contributed by atoms with Gasteiger partial charge in [-0.1, -0.05) is 25.0 Å². The van der Waals surface area contributed by atoms with Crippen molar-refractivity contribution >= 4 is 0 Å². The van der Waals surface area contributed by atoms with Gasteiger partial charge in [0.2, 0.25) is 0 Å². The van der Waals surface area contributed by atoms with Crippen molar-refractivity contribution in [3.05, 3.63) is 11.1 Å². The number of halogens is 3. The molecule has 0 aromatic rings. The zero-order valence-electron chi connectivity index (χ0n) is 22.0. The Morgan fingerprint density at radius 2 is 1.41 bits per heavy atom. The number of likely N-dealkylation sites (tertiary alicyclic amines) is 1. The highest BCUT2D eigenvalue weighted by atomic mass is 19.4. The first kappa shape index (κ1) is 26.1. The highest BCUT2D eigenvalue weighted by Gasteiger charge is 2.51. The van der Waals surface area contributed by atoms with E-state index in [4.69, 9.17) is 0 Å². The van der Waals surface area contributed by atoms with Crippen molar-refractivity contribution in [2.75, 3.05) is 6.54 Å². The molecule has 3 aliphatic heterocycles. The Hall–Kier alpha value is -0.550. The maximum absolute atomic E-state index is 13.7. The number of hydrogen-bond donors (Lipinski definition) is 0. The Labute approximate surface area is 195 Å². The van der Waals surface area contributed by atoms with Gasteiger partial charge in [-0.15, -0.1) is 0 Å². The lowest BCUT2D eigenvalue weighted by Gasteiger charge is -2.50. The van der Waals surface area contributed by atoms with Gasteiger partial charge < -0.3 is 0 Å². The molecule has 3 fully saturated rings. The molecule has 0 saturated carbocycles. The summed E-state index contributed by atoms with van der Waals surface area (Å²) in [5.41, 5.74) is 2.17. The zero-order chi connectivity index (χ0) is 24.3. The highest BCUT2D eigenvalue weighted by Crippen LogP contribution is 2.50. The molecule has 2 nitrogen and oxygen atoms in total. The highest BCUT2D eigenvalue weighted by molar-refractivity contribution is 5.22. The normalized spacial score (nSPS) is 32.6. The lowest BCUT2D eigenvalue weighted by atomic mass is 9.68. The summed E-state index contributed by atoms with van der Waals surface area (Å²) in [5, 5.41) is 0. The fourth-order valence-electron chi connectivity index (χ4n) is 6.83. The molecule has 3 aliphatic rings. The van der Waals surface area contributed by atoms with Crippen LogP contribution in [0.3, 0.4) is 0 Å². The summed E-state index contributed by atoms with van der Waals surface area (Å²) in [6.45, 7) is 20.0. The van der Waals surface area contributed by atoms with E-state index in [2.05, 4.69) is 46.4 Å². The van der Waals surface area contributed by atoms with Gasteiger partial charge in [-0.05, 0) is 105 Å². The molecular formula is C27H47F3N2. The minimum atomic E-state index is -4.17. The molecule has 0 spiro atoms. The van der Waals surface area contributed by atoms with Crippen LogP contribution in [0.1, 0.15) is 107 Å². The van der Waals surface area contributed by atoms with Crippen molar-refractivity contribution in [2.45, 2.75) is 143 Å². The van der Waals surface area contributed by atoms with Crippen molar-refractivity contribution in [1.82, 2.24) is 9.80 Å². The first-order valence-corrected chi connectivity index (χ1v) is 12.7. The molecule has 0 aliphatic carbocycles. The van der Waals surface area contributed by atoms with Gasteiger partial charge in [-0.25, -0.2) is 0 Å². The van der Waals surface area contributed by atoms with Crippen LogP contribution in [0.4, 0.5) is 13.2 Å². The summed E-state index contributed by atoms with van der Waals surface area (Å²) < 4.78 is 41.2. The maximum atomic E-state index is 13.7. The third kappa shape index (κ3) is 5.40. The quantitative estimate of drug-likeness (QED) is 0.402. The van der Waals surface area contributed by atoms with E-state index in [0.717, 1.165) is 18.4 Å². The molecule has 0 aromatic carbocycles. The minimum Gasteiger partial charge on any atom is -0.293 e. The second kappa shape index (κ2) is 8.59. The van der Waals surface area contributed by atoms with Crippen LogP contribution in [-0.4, -0.2) is 51.7 Å². The molecule has 3 unspecified atom stereocenters. The fourth-order valence-corrected chi connectivity index (χ4v) is 6.83. The van der Waals surface area contributed by atoms with E-state index in [9.17, 15) is 13.2 Å². The molecule has 0 aromatic heterocycles. The van der Waals surface area contributed by atoms with Gasteiger partial charge in [0.15, 0.2) is 0 Å². The molecule has 186 valence electrons. The summed E-state index contributed by atoms with van der Waals surface area (Å²) in [7, 11) is 0. The number of alkyl halides is 3. The molecule has 3 saturated heterocycles. The summed E-state index contributed by atoms with van der Waals surface area (Å²) >= 11 is 0. The molecular weight excluding hydrogens is 409 g/mol. The van der Waals surface area contributed by atoms with Crippen molar-refractivity contribution in [2.24, 2.45) is 11.3 Å².